The third kappa shape index (κ3) is 5.00. The smallest absolute Gasteiger partial charge is 0.239 e. The van der Waals surface area contributed by atoms with E-state index in [9.17, 15) is 9.59 Å². The third-order valence-electron chi connectivity index (χ3n) is 4.00. The van der Waals surface area contributed by atoms with Gasteiger partial charge in [-0.3, -0.25) is 9.59 Å². The lowest BCUT2D eigenvalue weighted by Crippen LogP contribution is -2.50. The van der Waals surface area contributed by atoms with Crippen molar-refractivity contribution in [2.24, 2.45) is 11.8 Å². The van der Waals surface area contributed by atoms with Gasteiger partial charge in [0, 0.05) is 19.5 Å². The fraction of sp³-hybridized carbons (Fsp3) is 0.500. The first kappa shape index (κ1) is 18.5. The highest BCUT2D eigenvalue weighted by atomic mass is 35.5. The van der Waals surface area contributed by atoms with Gasteiger partial charge in [-0.05, 0) is 24.6 Å². The van der Waals surface area contributed by atoms with E-state index in [-0.39, 0.29) is 36.7 Å². The van der Waals surface area contributed by atoms with Crippen LogP contribution in [0.2, 0.25) is 0 Å². The Balaban J connectivity index is 0.00000242. The normalized spacial score (nSPS) is 15.2. The Hall–Kier alpha value is -1.59. The number of nitrogens with one attached hydrogen (secondary N) is 2. The zero-order valence-corrected chi connectivity index (χ0v) is 13.9. The van der Waals surface area contributed by atoms with Crippen molar-refractivity contribution in [3.8, 4) is 0 Å². The lowest BCUT2D eigenvalue weighted by atomic mass is 9.88. The predicted octanol–water partition coefficient (Wildman–Crippen LogP) is 1.04. The minimum atomic E-state index is -0.131. The molecule has 2 N–H and O–H groups in total. The van der Waals surface area contributed by atoms with Crippen LogP contribution in [0.15, 0.2) is 30.3 Å². The molecule has 1 atom stereocenters. The summed E-state index contributed by atoms with van der Waals surface area (Å²) < 4.78 is 0. The summed E-state index contributed by atoms with van der Waals surface area (Å²) in [5.74, 6) is 0.274. The molecule has 1 aliphatic heterocycles. The lowest BCUT2D eigenvalue weighted by Gasteiger charge is -2.33. The fourth-order valence-corrected chi connectivity index (χ4v) is 2.36. The Kier molecular flexibility index (Phi) is 7.35. The first-order valence-corrected chi connectivity index (χ1v) is 7.34. The van der Waals surface area contributed by atoms with Crippen molar-refractivity contribution in [2.75, 3.05) is 26.7 Å². The van der Waals surface area contributed by atoms with Crippen molar-refractivity contribution in [3.05, 3.63) is 35.9 Å². The minimum Gasteiger partial charge on any atom is -0.350 e. The highest BCUT2D eigenvalue weighted by Crippen LogP contribution is 2.17. The molecule has 0 aliphatic carbocycles. The highest BCUT2D eigenvalue weighted by Gasteiger charge is 2.30. The standard InChI is InChI=1S/C16H23N3O2.ClH/c1-12(14-9-17-10-14)16(21)19(2)11-15(20)18-8-13-6-4-3-5-7-13;/h3-7,12,14,17H,8-11H2,1-2H3,(H,18,20);1H. The van der Waals surface area contributed by atoms with Gasteiger partial charge >= 0.3 is 0 Å². The summed E-state index contributed by atoms with van der Waals surface area (Å²) in [6.07, 6.45) is 0. The van der Waals surface area contributed by atoms with Crippen LogP contribution in [-0.4, -0.2) is 43.4 Å². The third-order valence-corrected chi connectivity index (χ3v) is 4.00. The van der Waals surface area contributed by atoms with E-state index >= 15 is 0 Å². The molecule has 22 heavy (non-hydrogen) atoms. The number of amides is 2. The van der Waals surface area contributed by atoms with Crippen molar-refractivity contribution in [2.45, 2.75) is 13.5 Å². The number of hydrogen-bond acceptors (Lipinski definition) is 3. The van der Waals surface area contributed by atoms with Crippen LogP contribution in [0.4, 0.5) is 0 Å². The van der Waals surface area contributed by atoms with E-state index < -0.39 is 0 Å². The maximum Gasteiger partial charge on any atom is 0.239 e. The number of nitrogens with zero attached hydrogens (tertiary/aromatic N) is 1. The number of hydrogen-bond donors (Lipinski definition) is 2. The second kappa shape index (κ2) is 8.76. The van der Waals surface area contributed by atoms with Crippen LogP contribution < -0.4 is 10.6 Å². The quantitative estimate of drug-likeness (QED) is 0.821. The molecule has 2 amide bonds. The Morgan fingerprint density at radius 3 is 2.50 bits per heavy atom. The molecule has 1 unspecified atom stereocenters. The van der Waals surface area contributed by atoms with Gasteiger partial charge in [-0.15, -0.1) is 12.4 Å². The number of carbonyl (C=O) groups is 2. The maximum absolute atomic E-state index is 12.2. The van der Waals surface area contributed by atoms with Crippen molar-refractivity contribution >= 4 is 24.2 Å². The van der Waals surface area contributed by atoms with E-state index in [1.165, 1.54) is 4.90 Å². The van der Waals surface area contributed by atoms with E-state index in [4.69, 9.17) is 0 Å². The van der Waals surface area contributed by atoms with Gasteiger partial charge in [-0.2, -0.15) is 0 Å². The molecule has 5 nitrogen and oxygen atoms in total. The summed E-state index contributed by atoms with van der Waals surface area (Å²) in [6.45, 7) is 4.31. The monoisotopic (exact) mass is 325 g/mol. The Morgan fingerprint density at radius 2 is 1.95 bits per heavy atom. The molecule has 0 spiro atoms. The fourth-order valence-electron chi connectivity index (χ4n) is 2.36. The van der Waals surface area contributed by atoms with Crippen LogP contribution in [0.5, 0.6) is 0 Å². The summed E-state index contributed by atoms with van der Waals surface area (Å²) in [6, 6.07) is 9.73. The Morgan fingerprint density at radius 1 is 1.32 bits per heavy atom. The molecule has 122 valence electrons. The van der Waals surface area contributed by atoms with Gasteiger partial charge < -0.3 is 15.5 Å². The minimum absolute atomic E-state index is 0. The van der Waals surface area contributed by atoms with Gasteiger partial charge in [-0.1, -0.05) is 37.3 Å². The number of rotatable bonds is 6. The molecular weight excluding hydrogens is 302 g/mol. The number of benzene rings is 1. The van der Waals surface area contributed by atoms with Crippen LogP contribution >= 0.6 is 12.4 Å². The molecule has 1 aromatic rings. The molecule has 0 bridgehead atoms. The molecule has 1 heterocycles. The molecular formula is C16H24ClN3O2. The zero-order valence-electron chi connectivity index (χ0n) is 13.0. The molecule has 2 rings (SSSR count). The van der Waals surface area contributed by atoms with Crippen molar-refractivity contribution in [1.82, 2.24) is 15.5 Å². The molecule has 0 radical (unpaired) electrons. The second-order valence-electron chi connectivity index (χ2n) is 5.66. The Labute approximate surface area is 137 Å². The maximum atomic E-state index is 12.2. The first-order chi connectivity index (χ1) is 10.1. The number of halogens is 1. The van der Waals surface area contributed by atoms with Crippen LogP contribution in [0.1, 0.15) is 12.5 Å². The lowest BCUT2D eigenvalue weighted by molar-refractivity contribution is -0.139. The number of likely N-dealkylation sites (N-methyl/N-ethyl adjacent to an activating group) is 1. The zero-order chi connectivity index (χ0) is 15.2. The van der Waals surface area contributed by atoms with Crippen LogP contribution in [-0.2, 0) is 16.1 Å². The van der Waals surface area contributed by atoms with E-state index in [1.807, 2.05) is 37.3 Å². The summed E-state index contributed by atoms with van der Waals surface area (Å²) in [4.78, 5) is 25.6. The molecule has 1 aliphatic rings. The molecule has 1 aromatic carbocycles. The van der Waals surface area contributed by atoms with Gasteiger partial charge in [-0.25, -0.2) is 0 Å². The average Bonchev–Trinajstić information content (AvgIpc) is 2.43. The molecule has 0 saturated carbocycles. The first-order valence-electron chi connectivity index (χ1n) is 7.34. The van der Waals surface area contributed by atoms with Crippen LogP contribution in [0.25, 0.3) is 0 Å². The van der Waals surface area contributed by atoms with Crippen molar-refractivity contribution in [1.29, 1.82) is 0 Å². The molecule has 1 saturated heterocycles. The van der Waals surface area contributed by atoms with E-state index in [0.29, 0.717) is 12.5 Å². The van der Waals surface area contributed by atoms with Crippen molar-refractivity contribution < 1.29 is 9.59 Å². The van der Waals surface area contributed by atoms with Gasteiger partial charge in [0.15, 0.2) is 0 Å². The van der Waals surface area contributed by atoms with E-state index in [1.54, 1.807) is 7.05 Å². The summed E-state index contributed by atoms with van der Waals surface area (Å²) >= 11 is 0. The average molecular weight is 326 g/mol. The van der Waals surface area contributed by atoms with Crippen molar-refractivity contribution in [3.63, 3.8) is 0 Å². The van der Waals surface area contributed by atoms with Gasteiger partial charge in [0.2, 0.25) is 11.8 Å². The van der Waals surface area contributed by atoms with E-state index in [0.717, 1.165) is 18.7 Å². The number of carbonyl (C=O) groups excluding carboxylic acids is 2. The van der Waals surface area contributed by atoms with Gasteiger partial charge in [0.05, 0.1) is 6.54 Å². The largest absolute Gasteiger partial charge is 0.350 e. The van der Waals surface area contributed by atoms with E-state index in [2.05, 4.69) is 10.6 Å². The Bertz CT molecular complexity index is 491. The SMILES string of the molecule is CC(C(=O)N(C)CC(=O)NCc1ccccc1)C1CNC1.Cl. The van der Waals surface area contributed by atoms with Gasteiger partial charge in [0.25, 0.3) is 0 Å². The predicted molar refractivity (Wildman–Crippen MR) is 88.7 cm³/mol. The summed E-state index contributed by atoms with van der Waals surface area (Å²) in [5.41, 5.74) is 1.05. The highest BCUT2D eigenvalue weighted by molar-refractivity contribution is 5.86. The summed E-state index contributed by atoms with van der Waals surface area (Å²) in [5, 5.41) is 6.00. The van der Waals surface area contributed by atoms with Gasteiger partial charge in [0.1, 0.15) is 0 Å². The molecule has 1 fully saturated rings. The van der Waals surface area contributed by atoms with Crippen LogP contribution in [0.3, 0.4) is 0 Å². The molecule has 0 aromatic heterocycles. The summed E-state index contributed by atoms with van der Waals surface area (Å²) in [7, 11) is 1.69. The van der Waals surface area contributed by atoms with Crippen LogP contribution in [0, 0.1) is 11.8 Å². The second-order valence-corrected chi connectivity index (χ2v) is 5.66. The topological polar surface area (TPSA) is 61.4 Å². The molecule has 6 heteroatoms.